The van der Waals surface area contributed by atoms with E-state index in [0.717, 1.165) is 11.4 Å². The standard InChI is InChI=1S/C15H14ClN3S/c1-11(12-5-8-20-9-12)18-14-4-2-3-13(16)15(14)19-7-6-17-10-19/h2-11,18H,1H3. The molecule has 1 N–H and O–H groups in total. The molecule has 1 atom stereocenters. The molecule has 0 amide bonds. The summed E-state index contributed by atoms with van der Waals surface area (Å²) in [6.07, 6.45) is 5.39. The molecule has 2 aromatic heterocycles. The van der Waals surface area contributed by atoms with Crippen LogP contribution in [-0.2, 0) is 0 Å². The lowest BCUT2D eigenvalue weighted by atomic mass is 10.1. The highest BCUT2D eigenvalue weighted by Crippen LogP contribution is 2.31. The lowest BCUT2D eigenvalue weighted by molar-refractivity contribution is 0.885. The summed E-state index contributed by atoms with van der Waals surface area (Å²) < 4.78 is 1.92. The fourth-order valence-electron chi connectivity index (χ4n) is 2.12. The van der Waals surface area contributed by atoms with Crippen LogP contribution in [0.15, 0.2) is 53.7 Å². The van der Waals surface area contributed by atoms with Gasteiger partial charge in [0, 0.05) is 18.4 Å². The van der Waals surface area contributed by atoms with Crippen molar-refractivity contribution >= 4 is 28.6 Å². The van der Waals surface area contributed by atoms with Crippen LogP contribution >= 0.6 is 22.9 Å². The van der Waals surface area contributed by atoms with Gasteiger partial charge in [-0.3, -0.25) is 0 Å². The number of nitrogens with one attached hydrogen (secondary N) is 1. The van der Waals surface area contributed by atoms with Crippen molar-refractivity contribution in [3.63, 3.8) is 0 Å². The molecule has 0 saturated carbocycles. The van der Waals surface area contributed by atoms with E-state index in [0.29, 0.717) is 5.02 Å². The molecule has 0 bridgehead atoms. The van der Waals surface area contributed by atoms with Gasteiger partial charge in [0.25, 0.3) is 0 Å². The highest BCUT2D eigenvalue weighted by Gasteiger charge is 2.12. The molecule has 3 nitrogen and oxygen atoms in total. The van der Waals surface area contributed by atoms with Gasteiger partial charge in [0.15, 0.2) is 0 Å². The molecule has 3 aromatic rings. The molecular weight excluding hydrogens is 290 g/mol. The molecule has 0 saturated heterocycles. The summed E-state index contributed by atoms with van der Waals surface area (Å²) in [4.78, 5) is 4.09. The minimum absolute atomic E-state index is 0.224. The number of hydrogen-bond donors (Lipinski definition) is 1. The van der Waals surface area contributed by atoms with E-state index in [1.54, 1.807) is 23.9 Å². The maximum absolute atomic E-state index is 6.34. The lowest BCUT2D eigenvalue weighted by Gasteiger charge is -2.18. The summed E-state index contributed by atoms with van der Waals surface area (Å²) in [6, 6.07) is 8.22. The van der Waals surface area contributed by atoms with E-state index >= 15 is 0 Å². The molecule has 5 heteroatoms. The molecule has 0 aliphatic heterocycles. The van der Waals surface area contributed by atoms with Crippen LogP contribution < -0.4 is 5.32 Å². The van der Waals surface area contributed by atoms with Crippen molar-refractivity contribution in [2.45, 2.75) is 13.0 Å². The predicted octanol–water partition coefficient (Wildman–Crippen LogP) is 4.76. The topological polar surface area (TPSA) is 29.9 Å². The van der Waals surface area contributed by atoms with Crippen LogP contribution in [0.3, 0.4) is 0 Å². The fourth-order valence-corrected chi connectivity index (χ4v) is 3.15. The van der Waals surface area contributed by atoms with Crippen molar-refractivity contribution in [2.75, 3.05) is 5.32 Å². The average Bonchev–Trinajstić information content (AvgIpc) is 3.12. The number of aromatic nitrogens is 2. The Morgan fingerprint density at radius 1 is 1.35 bits per heavy atom. The van der Waals surface area contributed by atoms with Crippen molar-refractivity contribution in [3.05, 3.63) is 64.3 Å². The smallest absolute Gasteiger partial charge is 0.0992 e. The molecule has 102 valence electrons. The second-order valence-electron chi connectivity index (χ2n) is 4.53. The number of hydrogen-bond acceptors (Lipinski definition) is 3. The van der Waals surface area contributed by atoms with E-state index < -0.39 is 0 Å². The van der Waals surface area contributed by atoms with Crippen molar-refractivity contribution in [2.24, 2.45) is 0 Å². The highest BCUT2D eigenvalue weighted by molar-refractivity contribution is 7.08. The Labute approximate surface area is 126 Å². The van der Waals surface area contributed by atoms with Crippen LogP contribution in [0.25, 0.3) is 5.69 Å². The van der Waals surface area contributed by atoms with Gasteiger partial charge in [0.1, 0.15) is 0 Å². The summed E-state index contributed by atoms with van der Waals surface area (Å²) >= 11 is 8.04. The molecule has 2 heterocycles. The Hall–Kier alpha value is -1.78. The van der Waals surface area contributed by atoms with E-state index in [2.05, 4.69) is 34.1 Å². The summed E-state index contributed by atoms with van der Waals surface area (Å²) in [5.41, 5.74) is 3.19. The molecule has 1 aromatic carbocycles. The van der Waals surface area contributed by atoms with E-state index in [-0.39, 0.29) is 6.04 Å². The lowest BCUT2D eigenvalue weighted by Crippen LogP contribution is -2.08. The zero-order valence-electron chi connectivity index (χ0n) is 11.0. The third-order valence-electron chi connectivity index (χ3n) is 3.16. The van der Waals surface area contributed by atoms with E-state index in [1.165, 1.54) is 5.56 Å². The average molecular weight is 304 g/mol. The monoisotopic (exact) mass is 303 g/mol. The van der Waals surface area contributed by atoms with Gasteiger partial charge >= 0.3 is 0 Å². The number of para-hydroxylation sites is 1. The van der Waals surface area contributed by atoms with Gasteiger partial charge in [-0.15, -0.1) is 0 Å². The van der Waals surface area contributed by atoms with Crippen molar-refractivity contribution in [3.8, 4) is 5.69 Å². The summed E-state index contributed by atoms with van der Waals surface area (Å²) in [5, 5.41) is 8.45. The number of benzene rings is 1. The SMILES string of the molecule is CC(Nc1cccc(Cl)c1-n1ccnc1)c1ccsc1. The number of anilines is 1. The van der Waals surface area contributed by atoms with Gasteiger partial charge in [0.05, 0.1) is 22.7 Å². The molecular formula is C15H14ClN3S. The third-order valence-corrected chi connectivity index (χ3v) is 4.17. The molecule has 0 spiro atoms. The normalized spacial score (nSPS) is 12.3. The Balaban J connectivity index is 1.96. The quantitative estimate of drug-likeness (QED) is 0.753. The number of halogens is 1. The Morgan fingerprint density at radius 2 is 2.25 bits per heavy atom. The van der Waals surface area contributed by atoms with E-state index in [4.69, 9.17) is 11.6 Å². The van der Waals surface area contributed by atoms with Crippen LogP contribution in [0, 0.1) is 0 Å². The second kappa shape index (κ2) is 5.69. The zero-order valence-corrected chi connectivity index (χ0v) is 12.5. The predicted molar refractivity (Wildman–Crippen MR) is 84.9 cm³/mol. The van der Waals surface area contributed by atoms with Gasteiger partial charge in [-0.1, -0.05) is 17.7 Å². The first-order valence-corrected chi connectivity index (χ1v) is 7.63. The molecule has 0 aliphatic carbocycles. The maximum atomic E-state index is 6.34. The Bertz CT molecular complexity index is 677. The first kappa shape index (κ1) is 13.2. The third kappa shape index (κ3) is 2.57. The molecule has 0 radical (unpaired) electrons. The van der Waals surface area contributed by atoms with E-state index in [1.807, 2.05) is 29.0 Å². The van der Waals surface area contributed by atoms with Gasteiger partial charge in [-0.05, 0) is 41.4 Å². The fraction of sp³-hybridized carbons (Fsp3) is 0.133. The number of nitrogens with zero attached hydrogens (tertiary/aromatic N) is 2. The maximum Gasteiger partial charge on any atom is 0.0992 e. The summed E-state index contributed by atoms with van der Waals surface area (Å²) in [5.74, 6) is 0. The first-order chi connectivity index (χ1) is 9.75. The largest absolute Gasteiger partial charge is 0.377 e. The molecule has 3 rings (SSSR count). The van der Waals surface area contributed by atoms with Crippen molar-refractivity contribution in [1.82, 2.24) is 9.55 Å². The number of thiophene rings is 1. The van der Waals surface area contributed by atoms with Crippen LogP contribution in [-0.4, -0.2) is 9.55 Å². The molecule has 0 fully saturated rings. The van der Waals surface area contributed by atoms with Crippen LogP contribution in [0.4, 0.5) is 5.69 Å². The van der Waals surface area contributed by atoms with Gasteiger partial charge in [-0.2, -0.15) is 11.3 Å². The summed E-state index contributed by atoms with van der Waals surface area (Å²) in [7, 11) is 0. The number of imidazole rings is 1. The minimum atomic E-state index is 0.224. The van der Waals surface area contributed by atoms with Crippen LogP contribution in [0.5, 0.6) is 0 Å². The zero-order chi connectivity index (χ0) is 13.9. The van der Waals surface area contributed by atoms with Crippen LogP contribution in [0.1, 0.15) is 18.5 Å². The molecule has 1 unspecified atom stereocenters. The van der Waals surface area contributed by atoms with Crippen LogP contribution in [0.2, 0.25) is 5.02 Å². The van der Waals surface area contributed by atoms with Crippen molar-refractivity contribution < 1.29 is 0 Å². The molecule has 0 aliphatic rings. The minimum Gasteiger partial charge on any atom is -0.377 e. The Morgan fingerprint density at radius 3 is 2.95 bits per heavy atom. The van der Waals surface area contributed by atoms with Gasteiger partial charge in [-0.25, -0.2) is 4.98 Å². The number of rotatable bonds is 4. The Kier molecular flexibility index (Phi) is 3.76. The highest BCUT2D eigenvalue weighted by atomic mass is 35.5. The van der Waals surface area contributed by atoms with Gasteiger partial charge in [0.2, 0.25) is 0 Å². The van der Waals surface area contributed by atoms with E-state index in [9.17, 15) is 0 Å². The second-order valence-corrected chi connectivity index (χ2v) is 5.72. The first-order valence-electron chi connectivity index (χ1n) is 6.31. The van der Waals surface area contributed by atoms with Crippen molar-refractivity contribution in [1.29, 1.82) is 0 Å². The molecule has 20 heavy (non-hydrogen) atoms. The summed E-state index contributed by atoms with van der Waals surface area (Å²) in [6.45, 7) is 2.14. The van der Waals surface area contributed by atoms with Gasteiger partial charge < -0.3 is 9.88 Å².